The van der Waals surface area contributed by atoms with Crippen LogP contribution in [0.5, 0.6) is 5.75 Å². The zero-order chi connectivity index (χ0) is 13.7. The number of ether oxygens (including phenoxy) is 1. The van der Waals surface area contributed by atoms with Crippen molar-refractivity contribution in [3.05, 3.63) is 29.8 Å². The van der Waals surface area contributed by atoms with Gasteiger partial charge in [-0.05, 0) is 30.5 Å². The second-order valence-electron chi connectivity index (χ2n) is 4.72. The molecular weight excluding hydrogens is 230 g/mol. The molecule has 0 aliphatic heterocycles. The van der Waals surface area contributed by atoms with Crippen molar-refractivity contribution in [2.75, 3.05) is 7.11 Å². The molecule has 4 heteroatoms. The maximum Gasteiger partial charge on any atom is 0.320 e. The summed E-state index contributed by atoms with van der Waals surface area (Å²) in [7, 11) is 1.62. The number of aliphatic carboxylic acids is 1. The van der Waals surface area contributed by atoms with Crippen molar-refractivity contribution < 1.29 is 14.6 Å². The lowest BCUT2D eigenvalue weighted by molar-refractivity contribution is -0.140. The standard InChI is InChI=1S/C14H21NO3/c1-9(2)13(14(16)17)15-10(3)11-6-5-7-12(8-11)18-4/h5-10,13,15H,1-4H3,(H,16,17). The monoisotopic (exact) mass is 251 g/mol. The van der Waals surface area contributed by atoms with Crippen LogP contribution in [0, 0.1) is 5.92 Å². The number of hydrogen-bond acceptors (Lipinski definition) is 3. The second kappa shape index (κ2) is 6.40. The summed E-state index contributed by atoms with van der Waals surface area (Å²) in [5, 5.41) is 12.3. The first-order valence-corrected chi connectivity index (χ1v) is 6.08. The van der Waals surface area contributed by atoms with Gasteiger partial charge in [0, 0.05) is 6.04 Å². The Balaban J connectivity index is 2.79. The van der Waals surface area contributed by atoms with E-state index >= 15 is 0 Å². The number of nitrogens with one attached hydrogen (secondary N) is 1. The molecule has 0 bridgehead atoms. The minimum absolute atomic E-state index is 0.0376. The summed E-state index contributed by atoms with van der Waals surface area (Å²) in [6.07, 6.45) is 0. The van der Waals surface area contributed by atoms with Gasteiger partial charge in [0.1, 0.15) is 11.8 Å². The van der Waals surface area contributed by atoms with Gasteiger partial charge in [0.05, 0.1) is 7.11 Å². The number of hydrogen-bond donors (Lipinski definition) is 2. The predicted octanol–water partition coefficient (Wildman–Crippen LogP) is 2.46. The minimum Gasteiger partial charge on any atom is -0.497 e. The molecule has 1 aromatic rings. The van der Waals surface area contributed by atoms with Crippen molar-refractivity contribution in [2.45, 2.75) is 32.9 Å². The Morgan fingerprint density at radius 2 is 2.00 bits per heavy atom. The summed E-state index contributed by atoms with van der Waals surface area (Å²) in [4.78, 5) is 11.1. The molecule has 0 heterocycles. The summed E-state index contributed by atoms with van der Waals surface area (Å²) in [6.45, 7) is 5.74. The van der Waals surface area contributed by atoms with Gasteiger partial charge >= 0.3 is 5.97 Å². The van der Waals surface area contributed by atoms with Crippen molar-refractivity contribution in [1.82, 2.24) is 5.32 Å². The van der Waals surface area contributed by atoms with Crippen LogP contribution in [0.3, 0.4) is 0 Å². The van der Waals surface area contributed by atoms with Crippen molar-refractivity contribution in [3.63, 3.8) is 0 Å². The Morgan fingerprint density at radius 3 is 2.50 bits per heavy atom. The number of carbonyl (C=O) groups is 1. The molecule has 18 heavy (non-hydrogen) atoms. The SMILES string of the molecule is COc1cccc(C(C)NC(C(=O)O)C(C)C)c1. The van der Waals surface area contributed by atoms with Gasteiger partial charge in [-0.3, -0.25) is 10.1 Å². The first-order valence-electron chi connectivity index (χ1n) is 6.08. The number of carboxylic acid groups (broad SMARTS) is 1. The molecule has 0 saturated heterocycles. The Bertz CT molecular complexity index is 404. The zero-order valence-electron chi connectivity index (χ0n) is 11.3. The molecule has 0 fully saturated rings. The van der Waals surface area contributed by atoms with Gasteiger partial charge in [-0.15, -0.1) is 0 Å². The molecule has 0 aliphatic carbocycles. The summed E-state index contributed by atoms with van der Waals surface area (Å²) >= 11 is 0. The number of methoxy groups -OCH3 is 1. The van der Waals surface area contributed by atoms with E-state index in [9.17, 15) is 4.79 Å². The minimum atomic E-state index is -0.820. The predicted molar refractivity (Wildman–Crippen MR) is 70.8 cm³/mol. The van der Waals surface area contributed by atoms with E-state index in [1.54, 1.807) is 7.11 Å². The van der Waals surface area contributed by atoms with Crippen LogP contribution in [0.1, 0.15) is 32.4 Å². The molecule has 2 N–H and O–H groups in total. The Morgan fingerprint density at radius 1 is 1.33 bits per heavy atom. The second-order valence-corrected chi connectivity index (χ2v) is 4.72. The molecule has 1 rings (SSSR count). The van der Waals surface area contributed by atoms with E-state index < -0.39 is 12.0 Å². The third-order valence-electron chi connectivity index (χ3n) is 2.96. The van der Waals surface area contributed by atoms with E-state index in [1.807, 2.05) is 45.0 Å². The average Bonchev–Trinajstić information content (AvgIpc) is 2.34. The van der Waals surface area contributed by atoms with Crippen LogP contribution in [0.4, 0.5) is 0 Å². The third kappa shape index (κ3) is 3.74. The number of benzene rings is 1. The van der Waals surface area contributed by atoms with Crippen molar-refractivity contribution in [3.8, 4) is 5.75 Å². The van der Waals surface area contributed by atoms with Gasteiger partial charge in [0.25, 0.3) is 0 Å². The normalized spacial score (nSPS) is 14.3. The molecule has 0 spiro atoms. The summed E-state index contributed by atoms with van der Waals surface area (Å²) < 4.78 is 5.16. The van der Waals surface area contributed by atoms with Crippen LogP contribution in [0.25, 0.3) is 0 Å². The van der Waals surface area contributed by atoms with Crippen LogP contribution in [0.15, 0.2) is 24.3 Å². The van der Waals surface area contributed by atoms with E-state index in [0.717, 1.165) is 11.3 Å². The maximum atomic E-state index is 11.1. The van der Waals surface area contributed by atoms with Crippen LogP contribution >= 0.6 is 0 Å². The fraction of sp³-hybridized carbons (Fsp3) is 0.500. The Labute approximate surface area is 108 Å². The van der Waals surface area contributed by atoms with E-state index in [2.05, 4.69) is 5.32 Å². The molecule has 1 aromatic carbocycles. The zero-order valence-corrected chi connectivity index (χ0v) is 11.3. The molecule has 0 saturated carbocycles. The van der Waals surface area contributed by atoms with E-state index in [1.165, 1.54) is 0 Å². The molecule has 0 aliphatic rings. The van der Waals surface area contributed by atoms with Crippen LogP contribution in [-0.4, -0.2) is 24.2 Å². The molecule has 2 unspecified atom stereocenters. The molecule has 0 radical (unpaired) electrons. The van der Waals surface area contributed by atoms with Crippen LogP contribution in [-0.2, 0) is 4.79 Å². The first kappa shape index (κ1) is 14.5. The van der Waals surface area contributed by atoms with Crippen molar-refractivity contribution >= 4 is 5.97 Å². The van der Waals surface area contributed by atoms with E-state index in [-0.39, 0.29) is 12.0 Å². The molecule has 0 amide bonds. The Hall–Kier alpha value is -1.55. The van der Waals surface area contributed by atoms with Gasteiger partial charge in [0.2, 0.25) is 0 Å². The first-order chi connectivity index (χ1) is 8.45. The van der Waals surface area contributed by atoms with E-state index in [4.69, 9.17) is 9.84 Å². The Kier molecular flexibility index (Phi) is 5.16. The van der Waals surface area contributed by atoms with Crippen molar-refractivity contribution in [2.24, 2.45) is 5.92 Å². The van der Waals surface area contributed by atoms with Gasteiger partial charge in [0.15, 0.2) is 0 Å². The maximum absolute atomic E-state index is 11.1. The fourth-order valence-corrected chi connectivity index (χ4v) is 1.83. The van der Waals surface area contributed by atoms with Gasteiger partial charge < -0.3 is 9.84 Å². The highest BCUT2D eigenvalue weighted by Gasteiger charge is 2.23. The highest BCUT2D eigenvalue weighted by Crippen LogP contribution is 2.20. The van der Waals surface area contributed by atoms with Crippen LogP contribution in [0.2, 0.25) is 0 Å². The molecular formula is C14H21NO3. The van der Waals surface area contributed by atoms with Gasteiger partial charge in [-0.1, -0.05) is 26.0 Å². The lowest BCUT2D eigenvalue weighted by atomic mass is 10.0. The van der Waals surface area contributed by atoms with Crippen LogP contribution < -0.4 is 10.1 Å². The quantitative estimate of drug-likeness (QED) is 0.815. The number of rotatable bonds is 6. The van der Waals surface area contributed by atoms with E-state index in [0.29, 0.717) is 0 Å². The number of carboxylic acids is 1. The fourth-order valence-electron chi connectivity index (χ4n) is 1.83. The lowest BCUT2D eigenvalue weighted by Crippen LogP contribution is -2.42. The lowest BCUT2D eigenvalue weighted by Gasteiger charge is -2.23. The molecule has 0 aromatic heterocycles. The highest BCUT2D eigenvalue weighted by molar-refractivity contribution is 5.73. The molecule has 100 valence electrons. The summed E-state index contributed by atoms with van der Waals surface area (Å²) in [5.41, 5.74) is 1.02. The third-order valence-corrected chi connectivity index (χ3v) is 2.96. The summed E-state index contributed by atoms with van der Waals surface area (Å²) in [5.74, 6) is -0.00660. The van der Waals surface area contributed by atoms with Gasteiger partial charge in [-0.2, -0.15) is 0 Å². The molecule has 2 atom stereocenters. The largest absolute Gasteiger partial charge is 0.497 e. The summed E-state index contributed by atoms with van der Waals surface area (Å²) in [6, 6.07) is 7.05. The highest BCUT2D eigenvalue weighted by atomic mass is 16.5. The van der Waals surface area contributed by atoms with Crippen molar-refractivity contribution in [1.29, 1.82) is 0 Å². The topological polar surface area (TPSA) is 58.6 Å². The smallest absolute Gasteiger partial charge is 0.320 e. The molecule has 4 nitrogen and oxygen atoms in total. The van der Waals surface area contributed by atoms with Gasteiger partial charge in [-0.25, -0.2) is 0 Å². The average molecular weight is 251 g/mol.